The molecule has 1 aliphatic rings. The maximum atomic E-state index is 14.4. The smallest absolute Gasteiger partial charge is 0.352 e. The Morgan fingerprint density at radius 3 is 1.70 bits per heavy atom. The van der Waals surface area contributed by atoms with Gasteiger partial charge in [0.1, 0.15) is 6.23 Å². The molecule has 0 aromatic carbocycles. The molecule has 23 heteroatoms. The highest BCUT2D eigenvalue weighted by Crippen LogP contribution is 2.58. The number of nitrogens with one attached hydrogen (secondary N) is 2. The zero-order chi connectivity index (χ0) is 41.1. The van der Waals surface area contributed by atoms with Gasteiger partial charge in [-0.15, -0.1) is 4.86 Å². The summed E-state index contributed by atoms with van der Waals surface area (Å²) in [5.74, 6) is 0.162. The fourth-order valence-corrected chi connectivity index (χ4v) is 10.4. The fraction of sp³-hybridized carbons (Fsp3) is 0.774. The summed E-state index contributed by atoms with van der Waals surface area (Å²) in [4.78, 5) is 69.2. The number of aryl methyl sites for hydroxylation is 1. The molecule has 54 heavy (non-hydrogen) atoms. The van der Waals surface area contributed by atoms with Crippen molar-refractivity contribution in [3.8, 4) is 0 Å². The van der Waals surface area contributed by atoms with E-state index in [4.69, 9.17) is 22.8 Å². The number of azide groups is 1. The molecule has 18 nitrogen and oxygen atoms in total. The molecule has 1 saturated heterocycles. The van der Waals surface area contributed by atoms with Crippen molar-refractivity contribution in [1.29, 1.82) is 0 Å². The second kappa shape index (κ2) is 20.6. The van der Waals surface area contributed by atoms with Crippen molar-refractivity contribution in [2.45, 2.75) is 94.0 Å². The number of carbonyl (C=O) groups is 3. The molecule has 1 aromatic heterocycles. The lowest BCUT2D eigenvalue weighted by atomic mass is 9.99. The highest BCUT2D eigenvalue weighted by molar-refractivity contribution is 8.14. The van der Waals surface area contributed by atoms with E-state index in [2.05, 4.69) is 19.9 Å². The van der Waals surface area contributed by atoms with E-state index in [0.717, 1.165) is 39.9 Å². The van der Waals surface area contributed by atoms with Gasteiger partial charge in [-0.3, -0.25) is 46.8 Å². The van der Waals surface area contributed by atoms with E-state index in [0.29, 0.717) is 0 Å². The lowest BCUT2D eigenvalue weighted by Crippen LogP contribution is -2.33. The number of thioether (sulfide) groups is 3. The van der Waals surface area contributed by atoms with Gasteiger partial charge in [0.25, 0.3) is 5.56 Å². The van der Waals surface area contributed by atoms with Crippen LogP contribution in [0.3, 0.4) is 0 Å². The predicted octanol–water partition coefficient (Wildman–Crippen LogP) is 6.60. The van der Waals surface area contributed by atoms with Gasteiger partial charge in [-0.25, -0.2) is 13.9 Å². The number of carbonyl (C=O) groups excluding carboxylic acids is 3. The van der Waals surface area contributed by atoms with Crippen molar-refractivity contribution in [2.75, 3.05) is 43.7 Å². The van der Waals surface area contributed by atoms with Crippen molar-refractivity contribution in [2.24, 2.45) is 21.4 Å². The molecule has 4 atom stereocenters. The number of rotatable bonds is 19. The third-order valence-corrected chi connectivity index (χ3v) is 14.8. The summed E-state index contributed by atoms with van der Waals surface area (Å²) in [6.45, 7) is 15.7. The molecule has 2 N–H and O–H groups in total. The van der Waals surface area contributed by atoms with Gasteiger partial charge in [0, 0.05) is 56.6 Å². The Morgan fingerprint density at radius 2 is 1.30 bits per heavy atom. The summed E-state index contributed by atoms with van der Waals surface area (Å²) in [5, 5.41) is 3.29. The monoisotopic (exact) mass is 858 g/mol. The molecule has 1 fully saturated rings. The van der Waals surface area contributed by atoms with Crippen LogP contribution in [-0.4, -0.2) is 80.7 Å². The van der Waals surface area contributed by atoms with Crippen LogP contribution in [0.25, 0.3) is 10.4 Å². The van der Waals surface area contributed by atoms with Gasteiger partial charge >= 0.3 is 21.2 Å². The molecule has 1 aromatic rings. The molecule has 1 aliphatic heterocycles. The topological polar surface area (TPSA) is 247 Å². The first kappa shape index (κ1) is 48.4. The Hall–Kier alpha value is -1.73. The maximum Gasteiger partial charge on any atom is 0.415 e. The second-order valence-electron chi connectivity index (χ2n) is 15.2. The molecule has 0 amide bonds. The Morgan fingerprint density at radius 1 is 0.870 bits per heavy atom. The van der Waals surface area contributed by atoms with Crippen LogP contribution in [0.1, 0.15) is 80.5 Å². The molecule has 1 unspecified atom stereocenters. The minimum absolute atomic E-state index is 0.0196. The van der Waals surface area contributed by atoms with Gasteiger partial charge in [0.2, 0.25) is 0 Å². The van der Waals surface area contributed by atoms with Crippen molar-refractivity contribution < 1.29 is 46.3 Å². The van der Waals surface area contributed by atoms with Crippen molar-refractivity contribution in [3.63, 3.8) is 0 Å². The fourth-order valence-electron chi connectivity index (χ4n) is 4.06. The first-order valence-corrected chi connectivity index (χ1v) is 23.0. The van der Waals surface area contributed by atoms with E-state index in [1.807, 2.05) is 0 Å². The van der Waals surface area contributed by atoms with Crippen LogP contribution in [0.15, 0.2) is 20.9 Å². The Bertz CT molecular complexity index is 1710. The molecule has 0 aliphatic carbocycles. The van der Waals surface area contributed by atoms with Gasteiger partial charge in [-0.1, -0.05) is 103 Å². The summed E-state index contributed by atoms with van der Waals surface area (Å²) in [7, 11) is -9.30. The zero-order valence-electron chi connectivity index (χ0n) is 32.3. The van der Waals surface area contributed by atoms with Crippen molar-refractivity contribution >= 4 is 66.1 Å². The number of ether oxygens (including phenoxy) is 1. The molecule has 2 heterocycles. The molecule has 0 saturated carbocycles. The number of aromatic nitrogens is 2. The number of nitrogens with zero attached hydrogens (tertiary/aromatic N) is 4. The highest BCUT2D eigenvalue weighted by atomic mass is 32.2. The molecule has 0 radical (unpaired) electrons. The van der Waals surface area contributed by atoms with Gasteiger partial charge in [-0.05, 0) is 12.5 Å². The summed E-state index contributed by atoms with van der Waals surface area (Å²) >= 11 is 2.83. The largest absolute Gasteiger partial charge is 0.415 e. The summed E-state index contributed by atoms with van der Waals surface area (Å²) < 4.78 is 58.2. The van der Waals surface area contributed by atoms with E-state index >= 15 is 0 Å². The van der Waals surface area contributed by atoms with Gasteiger partial charge < -0.3 is 4.74 Å². The van der Waals surface area contributed by atoms with Gasteiger partial charge in [-0.2, -0.15) is 0 Å². The standard InChI is InChI=1S/C31H52N6O12P2S3/c1-20-18-37(28(42)33-24(20)38)23-17-21(34-35-32)22(49-23)19-48-51(44,47-13-16-54-27(41)31(8,9)10)36-50(43,45-11-14-52-25(39)29(2,3)4)46-12-15-53-26(40)30(5,6)7/h18,21-23H,11-17,19H2,1-10H3,(H,33,38,42)(H,36,43,44)/t21-,22-,23-,51?/m1/s1. The average molecular weight is 859 g/mol. The summed E-state index contributed by atoms with van der Waals surface area (Å²) in [6, 6.07) is -0.943. The van der Waals surface area contributed by atoms with Gasteiger partial charge in [0.15, 0.2) is 15.3 Å². The van der Waals surface area contributed by atoms with Crippen LogP contribution in [0.5, 0.6) is 0 Å². The number of hydrogen-bond acceptors (Lipinski definition) is 16. The minimum Gasteiger partial charge on any atom is -0.352 e. The van der Waals surface area contributed by atoms with Crippen LogP contribution in [0.4, 0.5) is 0 Å². The first-order chi connectivity index (χ1) is 24.8. The summed E-state index contributed by atoms with van der Waals surface area (Å²) in [6.07, 6.45) is -0.847. The molecule has 0 spiro atoms. The third-order valence-electron chi connectivity index (χ3n) is 7.08. The Balaban J connectivity index is 2.36. The van der Waals surface area contributed by atoms with Gasteiger partial charge in [0.05, 0.1) is 38.6 Å². The maximum absolute atomic E-state index is 14.4. The SMILES string of the molecule is Cc1cn([C@H]2C[C@@H](N=[N+]=[N-])[C@@H](COP(=O)(NP(=O)(OCCSC(=O)C(C)(C)C)OCCSC(=O)C(C)(C)C)OCCSC(=O)C(C)(C)C)O2)c(=O)[nH]c1=O. The van der Waals surface area contributed by atoms with Crippen molar-refractivity contribution in [1.82, 2.24) is 14.4 Å². The van der Waals surface area contributed by atoms with Crippen LogP contribution >= 0.6 is 50.8 Å². The number of hydrogen-bond donors (Lipinski definition) is 2. The van der Waals surface area contributed by atoms with Crippen LogP contribution < -0.4 is 16.1 Å². The van der Waals surface area contributed by atoms with E-state index in [1.165, 1.54) is 13.1 Å². The van der Waals surface area contributed by atoms with Crippen LogP contribution in [0.2, 0.25) is 0 Å². The van der Waals surface area contributed by atoms with E-state index in [1.54, 1.807) is 62.3 Å². The van der Waals surface area contributed by atoms with Crippen LogP contribution in [0, 0.1) is 23.2 Å². The molecular formula is C31H52N6O12P2S3. The predicted molar refractivity (Wildman–Crippen MR) is 210 cm³/mol. The summed E-state index contributed by atoms with van der Waals surface area (Å²) in [5.41, 5.74) is 6.14. The lowest BCUT2D eigenvalue weighted by Gasteiger charge is -2.26. The third kappa shape index (κ3) is 16.0. The number of aromatic amines is 1. The molecule has 0 bridgehead atoms. The first-order valence-electron chi connectivity index (χ1n) is 16.9. The van der Waals surface area contributed by atoms with E-state index in [-0.39, 0.29) is 64.4 Å². The second-order valence-corrected chi connectivity index (χ2v) is 22.2. The molecule has 306 valence electrons. The quantitative estimate of drug-likeness (QED) is 0.0489. The molecular weight excluding hydrogens is 807 g/mol. The lowest BCUT2D eigenvalue weighted by molar-refractivity contribution is -0.118. The Kier molecular flexibility index (Phi) is 18.5. The van der Waals surface area contributed by atoms with Crippen LogP contribution in [-0.2, 0) is 46.3 Å². The average Bonchev–Trinajstić information content (AvgIpc) is 3.45. The van der Waals surface area contributed by atoms with E-state index < -0.39 is 68.0 Å². The Labute approximate surface area is 327 Å². The van der Waals surface area contributed by atoms with E-state index in [9.17, 15) is 38.6 Å². The number of H-pyrrole nitrogens is 1. The molecule has 2 rings (SSSR count). The highest BCUT2D eigenvalue weighted by Gasteiger charge is 2.42. The minimum atomic E-state index is -4.71. The zero-order valence-corrected chi connectivity index (χ0v) is 36.5. The van der Waals surface area contributed by atoms with Crippen molar-refractivity contribution in [3.05, 3.63) is 43.0 Å². The normalized spacial score (nSPS) is 19.3.